The van der Waals surface area contributed by atoms with Crippen molar-refractivity contribution >= 4 is 22.6 Å². The van der Waals surface area contributed by atoms with Crippen LogP contribution in [0.3, 0.4) is 0 Å². The quantitative estimate of drug-likeness (QED) is 0.904. The second-order valence-corrected chi connectivity index (χ2v) is 6.83. The summed E-state index contributed by atoms with van der Waals surface area (Å²) in [5.74, 6) is 1.19. The van der Waals surface area contributed by atoms with E-state index in [2.05, 4.69) is 31.4 Å². The zero-order valence-electron chi connectivity index (χ0n) is 13.3. The number of anilines is 1. The van der Waals surface area contributed by atoms with Gasteiger partial charge in [-0.3, -0.25) is 9.69 Å². The lowest BCUT2D eigenvalue weighted by Gasteiger charge is -2.38. The van der Waals surface area contributed by atoms with E-state index in [0.29, 0.717) is 12.5 Å². The third-order valence-electron chi connectivity index (χ3n) is 4.54. The Kier molecular flexibility index (Phi) is 5.25. The summed E-state index contributed by atoms with van der Waals surface area (Å²) in [7, 11) is 0. The SMILES string of the molecule is CCCc1nsc(N2CCN([C@H]3CCNC(=O)CC3)CC2)n1. The van der Waals surface area contributed by atoms with Gasteiger partial charge in [-0.2, -0.15) is 4.37 Å². The fourth-order valence-corrected chi connectivity index (χ4v) is 4.01. The molecule has 2 saturated heterocycles. The summed E-state index contributed by atoms with van der Waals surface area (Å²) in [5.41, 5.74) is 0. The number of nitrogens with zero attached hydrogens (tertiary/aromatic N) is 4. The van der Waals surface area contributed by atoms with Crippen LogP contribution in [0.2, 0.25) is 0 Å². The highest BCUT2D eigenvalue weighted by Crippen LogP contribution is 2.22. The summed E-state index contributed by atoms with van der Waals surface area (Å²) in [6, 6.07) is 0.547. The first-order chi connectivity index (χ1) is 10.8. The van der Waals surface area contributed by atoms with E-state index in [0.717, 1.165) is 69.4 Å². The molecule has 0 spiro atoms. The minimum Gasteiger partial charge on any atom is -0.356 e. The molecule has 7 heteroatoms. The van der Waals surface area contributed by atoms with Crippen LogP contribution in [0.25, 0.3) is 0 Å². The molecule has 3 rings (SSSR count). The molecule has 1 aromatic rings. The van der Waals surface area contributed by atoms with Gasteiger partial charge in [-0.15, -0.1) is 0 Å². The second kappa shape index (κ2) is 7.37. The van der Waals surface area contributed by atoms with Crippen molar-refractivity contribution in [3.63, 3.8) is 0 Å². The van der Waals surface area contributed by atoms with Crippen molar-refractivity contribution in [1.82, 2.24) is 19.6 Å². The average molecular weight is 323 g/mol. The topological polar surface area (TPSA) is 61.4 Å². The monoisotopic (exact) mass is 323 g/mol. The largest absolute Gasteiger partial charge is 0.356 e. The number of aromatic nitrogens is 2. The maximum absolute atomic E-state index is 11.5. The van der Waals surface area contributed by atoms with E-state index in [1.54, 1.807) is 0 Å². The van der Waals surface area contributed by atoms with Gasteiger partial charge < -0.3 is 10.2 Å². The maximum atomic E-state index is 11.5. The van der Waals surface area contributed by atoms with E-state index < -0.39 is 0 Å². The summed E-state index contributed by atoms with van der Waals surface area (Å²) in [5, 5.41) is 4.04. The Balaban J connectivity index is 1.52. The molecular weight excluding hydrogens is 298 g/mol. The van der Waals surface area contributed by atoms with Gasteiger partial charge in [0.1, 0.15) is 5.82 Å². The van der Waals surface area contributed by atoms with Crippen molar-refractivity contribution in [3.8, 4) is 0 Å². The standard InChI is InChI=1S/C15H25N5OS/c1-2-3-13-17-15(22-18-13)20-10-8-19(9-11-20)12-4-5-14(21)16-7-6-12/h12H,2-11H2,1H3,(H,16,21)/t12-/m1/s1. The number of carbonyl (C=O) groups is 1. The Hall–Kier alpha value is -1.21. The summed E-state index contributed by atoms with van der Waals surface area (Å²) >= 11 is 1.53. The fourth-order valence-electron chi connectivity index (χ4n) is 3.25. The Morgan fingerprint density at radius 1 is 1.27 bits per heavy atom. The lowest BCUT2D eigenvalue weighted by molar-refractivity contribution is -0.120. The van der Waals surface area contributed by atoms with Crippen LogP contribution in [0.1, 0.15) is 38.4 Å². The van der Waals surface area contributed by atoms with Crippen LogP contribution in [-0.4, -0.2) is 58.9 Å². The van der Waals surface area contributed by atoms with E-state index >= 15 is 0 Å². The number of amides is 1. The van der Waals surface area contributed by atoms with Gasteiger partial charge in [-0.05, 0) is 19.3 Å². The third kappa shape index (κ3) is 3.76. The highest BCUT2D eigenvalue weighted by atomic mass is 32.1. The zero-order valence-corrected chi connectivity index (χ0v) is 14.1. The van der Waals surface area contributed by atoms with Crippen LogP contribution in [0.15, 0.2) is 0 Å². The van der Waals surface area contributed by atoms with E-state index in [1.165, 1.54) is 11.5 Å². The van der Waals surface area contributed by atoms with Crippen molar-refractivity contribution in [3.05, 3.63) is 5.82 Å². The maximum Gasteiger partial charge on any atom is 0.220 e. The van der Waals surface area contributed by atoms with Crippen molar-refractivity contribution in [1.29, 1.82) is 0 Å². The summed E-state index contributed by atoms with van der Waals surface area (Å²) < 4.78 is 4.44. The van der Waals surface area contributed by atoms with E-state index in [9.17, 15) is 4.79 Å². The molecule has 0 aromatic carbocycles. The number of aryl methyl sites for hydroxylation is 1. The number of rotatable bonds is 4. The van der Waals surface area contributed by atoms with E-state index in [-0.39, 0.29) is 5.91 Å². The predicted octanol–water partition coefficient (Wildman–Crippen LogP) is 1.28. The molecular formula is C15H25N5OS. The Bertz CT molecular complexity index is 498. The molecule has 2 aliphatic heterocycles. The molecule has 0 bridgehead atoms. The second-order valence-electron chi connectivity index (χ2n) is 6.10. The molecule has 0 aliphatic carbocycles. The summed E-state index contributed by atoms with van der Waals surface area (Å²) in [6.07, 6.45) is 4.80. The first-order valence-corrected chi connectivity index (χ1v) is 9.12. The first-order valence-electron chi connectivity index (χ1n) is 8.34. The molecule has 122 valence electrons. The summed E-state index contributed by atoms with van der Waals surface area (Å²) in [4.78, 5) is 21.0. The fraction of sp³-hybridized carbons (Fsp3) is 0.800. The van der Waals surface area contributed by atoms with Gasteiger partial charge >= 0.3 is 0 Å². The van der Waals surface area contributed by atoms with Crippen molar-refractivity contribution in [2.75, 3.05) is 37.6 Å². The van der Waals surface area contributed by atoms with E-state index in [4.69, 9.17) is 0 Å². The highest BCUT2D eigenvalue weighted by molar-refractivity contribution is 7.09. The molecule has 3 heterocycles. The van der Waals surface area contributed by atoms with Crippen LogP contribution >= 0.6 is 11.5 Å². The molecule has 0 saturated carbocycles. The minimum absolute atomic E-state index is 0.207. The van der Waals surface area contributed by atoms with Gasteiger partial charge in [-0.1, -0.05) is 6.92 Å². The number of carbonyl (C=O) groups excluding carboxylic acids is 1. The third-order valence-corrected chi connectivity index (χ3v) is 5.35. The van der Waals surface area contributed by atoms with Gasteiger partial charge in [0.2, 0.25) is 11.0 Å². The normalized spacial score (nSPS) is 24.1. The highest BCUT2D eigenvalue weighted by Gasteiger charge is 2.27. The van der Waals surface area contributed by atoms with Crippen LogP contribution in [0.5, 0.6) is 0 Å². The van der Waals surface area contributed by atoms with Crippen LogP contribution < -0.4 is 10.2 Å². The van der Waals surface area contributed by atoms with Crippen LogP contribution in [0.4, 0.5) is 5.13 Å². The van der Waals surface area contributed by atoms with Gasteiger partial charge in [0.15, 0.2) is 0 Å². The van der Waals surface area contributed by atoms with Crippen molar-refractivity contribution < 1.29 is 4.79 Å². The smallest absolute Gasteiger partial charge is 0.220 e. The molecule has 2 fully saturated rings. The Morgan fingerprint density at radius 2 is 2.09 bits per heavy atom. The molecule has 1 atom stereocenters. The zero-order chi connectivity index (χ0) is 15.4. The van der Waals surface area contributed by atoms with Gasteiger partial charge in [-0.25, -0.2) is 4.98 Å². The van der Waals surface area contributed by atoms with Crippen molar-refractivity contribution in [2.45, 2.75) is 45.1 Å². The van der Waals surface area contributed by atoms with Gasteiger partial charge in [0.25, 0.3) is 0 Å². The molecule has 0 radical (unpaired) electrons. The lowest BCUT2D eigenvalue weighted by atomic mass is 10.1. The number of piperazine rings is 1. The van der Waals surface area contributed by atoms with Gasteiger partial charge in [0.05, 0.1) is 0 Å². The average Bonchev–Trinajstić information content (AvgIpc) is 2.89. The number of hydrogen-bond donors (Lipinski definition) is 1. The molecule has 22 heavy (non-hydrogen) atoms. The number of nitrogens with one attached hydrogen (secondary N) is 1. The predicted molar refractivity (Wildman–Crippen MR) is 88.3 cm³/mol. The molecule has 6 nitrogen and oxygen atoms in total. The molecule has 1 amide bonds. The number of hydrogen-bond acceptors (Lipinski definition) is 6. The van der Waals surface area contributed by atoms with Gasteiger partial charge in [0, 0.05) is 63.1 Å². The van der Waals surface area contributed by atoms with E-state index in [1.807, 2.05) is 0 Å². The molecule has 2 aliphatic rings. The van der Waals surface area contributed by atoms with Crippen LogP contribution in [0, 0.1) is 0 Å². The van der Waals surface area contributed by atoms with Crippen molar-refractivity contribution in [2.24, 2.45) is 0 Å². The lowest BCUT2D eigenvalue weighted by Crippen LogP contribution is -2.50. The minimum atomic E-state index is 0.207. The Morgan fingerprint density at radius 3 is 2.86 bits per heavy atom. The molecule has 0 unspecified atom stereocenters. The first kappa shape index (κ1) is 15.7. The Labute approximate surface area is 136 Å². The molecule has 1 aromatic heterocycles. The molecule has 1 N–H and O–H groups in total. The van der Waals surface area contributed by atoms with Crippen LogP contribution in [-0.2, 0) is 11.2 Å². The summed E-state index contributed by atoms with van der Waals surface area (Å²) in [6.45, 7) is 7.12.